The molecule has 126 valence electrons. The average molecular weight is 325 g/mol. The van der Waals surface area contributed by atoms with Gasteiger partial charge in [-0.25, -0.2) is 0 Å². The molecule has 0 aliphatic carbocycles. The molecule has 0 bridgehead atoms. The second-order valence-corrected chi connectivity index (χ2v) is 6.75. The zero-order valence-corrected chi connectivity index (χ0v) is 14.8. The first-order chi connectivity index (χ1) is 11.2. The number of benzene rings is 2. The molecule has 0 aromatic heterocycles. The molecule has 1 amide bonds. The Morgan fingerprint density at radius 2 is 1.54 bits per heavy atom. The van der Waals surface area contributed by atoms with Crippen LogP contribution < -0.4 is 9.64 Å². The van der Waals surface area contributed by atoms with Crippen molar-refractivity contribution in [2.24, 2.45) is 0 Å². The van der Waals surface area contributed by atoms with Crippen LogP contribution in [0.2, 0.25) is 0 Å². The molecule has 0 saturated heterocycles. The highest BCUT2D eigenvalue weighted by Crippen LogP contribution is 2.29. The van der Waals surface area contributed by atoms with Crippen molar-refractivity contribution in [3.05, 3.63) is 59.7 Å². The summed E-state index contributed by atoms with van der Waals surface area (Å²) in [6.07, 6.45) is 0. The smallest absolute Gasteiger partial charge is 0.308 e. The third-order valence-electron chi connectivity index (χ3n) is 3.78. The first-order valence-electron chi connectivity index (χ1n) is 7.86. The molecule has 2 aromatic carbocycles. The fraction of sp³-hybridized carbons (Fsp3) is 0.300. The monoisotopic (exact) mass is 325 g/mol. The number of amides is 1. The Bertz CT molecular complexity index is 742. The van der Waals surface area contributed by atoms with Gasteiger partial charge in [0.2, 0.25) is 0 Å². The molecule has 2 aromatic rings. The summed E-state index contributed by atoms with van der Waals surface area (Å²) in [5.41, 5.74) is 2.35. The topological polar surface area (TPSA) is 46.6 Å². The lowest BCUT2D eigenvalue weighted by atomic mass is 9.86. The van der Waals surface area contributed by atoms with E-state index in [0.717, 1.165) is 0 Å². The zero-order valence-electron chi connectivity index (χ0n) is 14.8. The van der Waals surface area contributed by atoms with Crippen molar-refractivity contribution in [3.63, 3.8) is 0 Å². The first-order valence-corrected chi connectivity index (χ1v) is 7.86. The molecule has 2 rings (SSSR count). The van der Waals surface area contributed by atoms with E-state index in [0.29, 0.717) is 17.0 Å². The van der Waals surface area contributed by atoms with Crippen LogP contribution in [0, 0.1) is 0 Å². The summed E-state index contributed by atoms with van der Waals surface area (Å²) in [6, 6.07) is 14.6. The van der Waals surface area contributed by atoms with Gasteiger partial charge in [-0.1, -0.05) is 45.0 Å². The summed E-state index contributed by atoms with van der Waals surface area (Å²) in [5, 5.41) is 0. The number of hydrogen-bond acceptors (Lipinski definition) is 3. The Kier molecular flexibility index (Phi) is 5.07. The van der Waals surface area contributed by atoms with Gasteiger partial charge in [0.15, 0.2) is 5.75 Å². The van der Waals surface area contributed by atoms with Crippen molar-refractivity contribution in [1.82, 2.24) is 0 Å². The van der Waals surface area contributed by atoms with E-state index in [1.54, 1.807) is 31.3 Å². The number of rotatable bonds is 3. The largest absolute Gasteiger partial charge is 0.424 e. The number of anilines is 1. The van der Waals surface area contributed by atoms with Gasteiger partial charge in [-0.05, 0) is 35.2 Å². The van der Waals surface area contributed by atoms with E-state index in [1.165, 1.54) is 17.4 Å². The predicted molar refractivity (Wildman–Crippen MR) is 95.6 cm³/mol. The van der Waals surface area contributed by atoms with Crippen LogP contribution in [0.3, 0.4) is 0 Å². The van der Waals surface area contributed by atoms with E-state index in [-0.39, 0.29) is 11.3 Å². The van der Waals surface area contributed by atoms with E-state index in [2.05, 4.69) is 20.8 Å². The van der Waals surface area contributed by atoms with Gasteiger partial charge in [0.1, 0.15) is 0 Å². The van der Waals surface area contributed by atoms with E-state index < -0.39 is 5.97 Å². The van der Waals surface area contributed by atoms with E-state index >= 15 is 0 Å². The summed E-state index contributed by atoms with van der Waals surface area (Å²) >= 11 is 0. The summed E-state index contributed by atoms with van der Waals surface area (Å²) in [5.74, 6) is -0.208. The molecule has 0 aliphatic rings. The standard InChI is InChI=1S/C20H23NO3/c1-14(22)24-18-9-7-6-8-17(18)21(5)19(23)15-10-12-16(13-11-15)20(2,3)4/h6-13H,1-5H3. The van der Waals surface area contributed by atoms with E-state index in [9.17, 15) is 9.59 Å². The maximum Gasteiger partial charge on any atom is 0.308 e. The average Bonchev–Trinajstić information content (AvgIpc) is 2.53. The number of esters is 1. The van der Waals surface area contributed by atoms with E-state index in [1.807, 2.05) is 24.3 Å². The molecule has 24 heavy (non-hydrogen) atoms. The number of carbonyl (C=O) groups excluding carboxylic acids is 2. The fourth-order valence-electron chi connectivity index (χ4n) is 2.39. The minimum atomic E-state index is -0.419. The maximum atomic E-state index is 12.7. The van der Waals surface area contributed by atoms with Crippen LogP contribution >= 0.6 is 0 Å². The van der Waals surface area contributed by atoms with Gasteiger partial charge in [-0.3, -0.25) is 9.59 Å². The second kappa shape index (κ2) is 6.87. The van der Waals surface area contributed by atoms with Crippen molar-refractivity contribution >= 4 is 17.6 Å². The lowest BCUT2D eigenvalue weighted by molar-refractivity contribution is -0.131. The van der Waals surface area contributed by atoms with Crippen LogP contribution in [0.25, 0.3) is 0 Å². The Morgan fingerprint density at radius 3 is 2.08 bits per heavy atom. The normalized spacial score (nSPS) is 11.0. The lowest BCUT2D eigenvalue weighted by Crippen LogP contribution is -2.27. The predicted octanol–water partition coefficient (Wildman–Crippen LogP) is 4.19. The van der Waals surface area contributed by atoms with Crippen LogP contribution in [0.1, 0.15) is 43.6 Å². The van der Waals surface area contributed by atoms with Crippen LogP contribution in [0.4, 0.5) is 5.69 Å². The van der Waals surface area contributed by atoms with Gasteiger partial charge in [-0.15, -0.1) is 0 Å². The maximum absolute atomic E-state index is 12.7. The summed E-state index contributed by atoms with van der Waals surface area (Å²) in [4.78, 5) is 25.5. The molecule has 0 radical (unpaired) electrons. The summed E-state index contributed by atoms with van der Waals surface area (Å²) in [6.45, 7) is 7.73. The van der Waals surface area contributed by atoms with Gasteiger partial charge in [0.25, 0.3) is 5.91 Å². The van der Waals surface area contributed by atoms with Crippen molar-refractivity contribution in [2.45, 2.75) is 33.1 Å². The van der Waals surface area contributed by atoms with E-state index in [4.69, 9.17) is 4.74 Å². The van der Waals surface area contributed by atoms with Crippen LogP contribution in [0.5, 0.6) is 5.75 Å². The van der Waals surface area contributed by atoms with Crippen molar-refractivity contribution in [1.29, 1.82) is 0 Å². The highest BCUT2D eigenvalue weighted by atomic mass is 16.5. The van der Waals surface area contributed by atoms with Gasteiger partial charge in [-0.2, -0.15) is 0 Å². The molecule has 0 aliphatic heterocycles. The summed E-state index contributed by atoms with van der Waals surface area (Å²) < 4.78 is 5.18. The number of ether oxygens (including phenoxy) is 1. The molecule has 0 unspecified atom stereocenters. The molecule has 0 saturated carbocycles. The van der Waals surface area contributed by atoms with Gasteiger partial charge >= 0.3 is 5.97 Å². The number of para-hydroxylation sites is 2. The number of hydrogen-bond donors (Lipinski definition) is 0. The molecule has 4 heteroatoms. The third-order valence-corrected chi connectivity index (χ3v) is 3.78. The Hall–Kier alpha value is -2.62. The third kappa shape index (κ3) is 4.02. The molecule has 0 heterocycles. The van der Waals surface area contributed by atoms with Crippen LogP contribution in [-0.4, -0.2) is 18.9 Å². The second-order valence-electron chi connectivity index (χ2n) is 6.75. The summed E-state index contributed by atoms with van der Waals surface area (Å²) in [7, 11) is 1.67. The first kappa shape index (κ1) is 17.7. The SMILES string of the molecule is CC(=O)Oc1ccccc1N(C)C(=O)c1ccc(C(C)(C)C)cc1. The number of carbonyl (C=O) groups is 2. The van der Waals surface area contributed by atoms with Crippen LogP contribution in [-0.2, 0) is 10.2 Å². The Balaban J connectivity index is 2.28. The van der Waals surface area contributed by atoms with Gasteiger partial charge in [0.05, 0.1) is 5.69 Å². The van der Waals surface area contributed by atoms with Gasteiger partial charge in [0, 0.05) is 19.5 Å². The molecule has 0 fully saturated rings. The molecule has 0 atom stereocenters. The van der Waals surface area contributed by atoms with Crippen molar-refractivity contribution < 1.29 is 14.3 Å². The van der Waals surface area contributed by atoms with Crippen molar-refractivity contribution in [3.8, 4) is 5.75 Å². The molecular weight excluding hydrogens is 302 g/mol. The molecule has 0 spiro atoms. The highest BCUT2D eigenvalue weighted by Gasteiger charge is 2.19. The number of nitrogens with zero attached hydrogens (tertiary/aromatic N) is 1. The fourth-order valence-corrected chi connectivity index (χ4v) is 2.39. The highest BCUT2D eigenvalue weighted by molar-refractivity contribution is 6.06. The minimum absolute atomic E-state index is 0.0371. The lowest BCUT2D eigenvalue weighted by Gasteiger charge is -2.22. The Labute approximate surface area is 143 Å². The van der Waals surface area contributed by atoms with Crippen molar-refractivity contribution in [2.75, 3.05) is 11.9 Å². The molecular formula is C20H23NO3. The van der Waals surface area contributed by atoms with Gasteiger partial charge < -0.3 is 9.64 Å². The Morgan fingerprint density at radius 1 is 0.958 bits per heavy atom. The quantitative estimate of drug-likeness (QED) is 0.628. The van der Waals surface area contributed by atoms with Crippen LogP contribution in [0.15, 0.2) is 48.5 Å². The molecule has 4 nitrogen and oxygen atoms in total. The molecule has 0 N–H and O–H groups in total. The minimum Gasteiger partial charge on any atom is -0.424 e. The zero-order chi connectivity index (χ0) is 17.9.